The predicted molar refractivity (Wildman–Crippen MR) is 190 cm³/mol. The van der Waals surface area contributed by atoms with Crippen molar-refractivity contribution in [3.05, 3.63) is 169 Å². The van der Waals surface area contributed by atoms with Crippen LogP contribution in [0, 0.1) is 13.8 Å². The summed E-state index contributed by atoms with van der Waals surface area (Å²) >= 11 is 0. The zero-order valence-electron chi connectivity index (χ0n) is 25.0. The first-order valence-electron chi connectivity index (χ1n) is 15.4. The molecule has 0 N–H and O–H groups in total. The van der Waals surface area contributed by atoms with Gasteiger partial charge in [-0.3, -0.25) is 0 Å². The summed E-state index contributed by atoms with van der Waals surface area (Å²) < 4.78 is 0. The van der Waals surface area contributed by atoms with Crippen LogP contribution in [0.25, 0.3) is 76.8 Å². The van der Waals surface area contributed by atoms with Crippen molar-refractivity contribution >= 4 is 32.3 Å². The van der Waals surface area contributed by atoms with Gasteiger partial charge in [0.05, 0.1) is 0 Å². The summed E-state index contributed by atoms with van der Waals surface area (Å²) in [7, 11) is 0. The fraction of sp³-hybridized carbons (Fsp3) is 0.0455. The molecule has 0 spiro atoms. The van der Waals surface area contributed by atoms with Crippen molar-refractivity contribution in [3.63, 3.8) is 0 Å². The maximum absolute atomic E-state index is 2.38. The Morgan fingerprint density at radius 3 is 1.52 bits per heavy atom. The smallest absolute Gasteiger partial charge is 0.00262 e. The van der Waals surface area contributed by atoms with Crippen molar-refractivity contribution in [1.29, 1.82) is 0 Å². The topological polar surface area (TPSA) is 0 Å². The highest BCUT2D eigenvalue weighted by Crippen LogP contribution is 2.44. The van der Waals surface area contributed by atoms with Crippen LogP contribution in [0.5, 0.6) is 0 Å². The van der Waals surface area contributed by atoms with Crippen molar-refractivity contribution in [2.24, 2.45) is 0 Å². The van der Waals surface area contributed by atoms with E-state index in [1.165, 1.54) is 88.0 Å². The fourth-order valence-corrected chi connectivity index (χ4v) is 7.02. The molecule has 0 aromatic heterocycles. The normalized spacial score (nSPS) is 11.4. The van der Waals surface area contributed by atoms with Crippen molar-refractivity contribution in [2.75, 3.05) is 0 Å². The third-order valence-corrected chi connectivity index (χ3v) is 9.20. The molecule has 0 heteroatoms. The van der Waals surface area contributed by atoms with Gasteiger partial charge in [0, 0.05) is 0 Å². The Morgan fingerprint density at radius 2 is 0.841 bits per heavy atom. The van der Waals surface area contributed by atoms with E-state index in [9.17, 15) is 0 Å². The highest BCUT2D eigenvalue weighted by Gasteiger charge is 2.17. The second kappa shape index (κ2) is 10.7. The SMILES string of the molecule is Cc1ccc(-c2cccc(-c3c4ccccc4c(-c4ccccc4)c4ccccc34)c2)cc1-c1ccc2ccccc2c1C. The lowest BCUT2D eigenvalue weighted by Gasteiger charge is -2.18. The van der Waals surface area contributed by atoms with E-state index in [-0.39, 0.29) is 0 Å². The first-order valence-corrected chi connectivity index (χ1v) is 15.4. The van der Waals surface area contributed by atoms with Crippen LogP contribution in [0.1, 0.15) is 11.1 Å². The Kier molecular flexibility index (Phi) is 6.35. The van der Waals surface area contributed by atoms with Gasteiger partial charge in [-0.1, -0.05) is 146 Å². The molecule has 0 atom stereocenters. The zero-order chi connectivity index (χ0) is 29.6. The van der Waals surface area contributed by atoms with E-state index in [0.717, 1.165) is 0 Å². The molecule has 208 valence electrons. The zero-order valence-corrected chi connectivity index (χ0v) is 25.0. The summed E-state index contributed by atoms with van der Waals surface area (Å²) in [6.45, 7) is 4.47. The average Bonchev–Trinajstić information content (AvgIpc) is 3.08. The van der Waals surface area contributed by atoms with Crippen molar-refractivity contribution in [1.82, 2.24) is 0 Å². The van der Waals surface area contributed by atoms with Crippen LogP contribution in [0.4, 0.5) is 0 Å². The van der Waals surface area contributed by atoms with Gasteiger partial charge in [0.2, 0.25) is 0 Å². The molecule has 0 heterocycles. The van der Waals surface area contributed by atoms with Crippen LogP contribution in [-0.2, 0) is 0 Å². The lowest BCUT2D eigenvalue weighted by molar-refractivity contribution is 1.43. The highest BCUT2D eigenvalue weighted by molar-refractivity contribution is 6.21. The lowest BCUT2D eigenvalue weighted by atomic mass is 9.85. The molecule has 0 saturated heterocycles. The lowest BCUT2D eigenvalue weighted by Crippen LogP contribution is -1.92. The van der Waals surface area contributed by atoms with Gasteiger partial charge in [-0.25, -0.2) is 0 Å². The largest absolute Gasteiger partial charge is 0.0622 e. The Bertz CT molecular complexity index is 2280. The van der Waals surface area contributed by atoms with E-state index in [0.29, 0.717) is 0 Å². The number of fused-ring (bicyclic) bond motifs is 3. The maximum Gasteiger partial charge on any atom is -0.00262 e. The minimum absolute atomic E-state index is 1.22. The molecule has 8 rings (SSSR count). The quantitative estimate of drug-likeness (QED) is 0.188. The molecule has 0 amide bonds. The van der Waals surface area contributed by atoms with Gasteiger partial charge in [0.25, 0.3) is 0 Å². The van der Waals surface area contributed by atoms with Gasteiger partial charge in [0.1, 0.15) is 0 Å². The minimum atomic E-state index is 1.22. The van der Waals surface area contributed by atoms with Crippen LogP contribution in [0.3, 0.4) is 0 Å². The summed E-state index contributed by atoms with van der Waals surface area (Å²) in [5, 5.41) is 7.71. The molecule has 0 fully saturated rings. The van der Waals surface area contributed by atoms with Gasteiger partial charge in [-0.15, -0.1) is 0 Å². The van der Waals surface area contributed by atoms with E-state index < -0.39 is 0 Å². The minimum Gasteiger partial charge on any atom is -0.0622 e. The van der Waals surface area contributed by atoms with E-state index >= 15 is 0 Å². The van der Waals surface area contributed by atoms with Gasteiger partial charge in [-0.2, -0.15) is 0 Å². The summed E-state index contributed by atoms with van der Waals surface area (Å²) in [6.07, 6.45) is 0. The Balaban J connectivity index is 1.32. The third-order valence-electron chi connectivity index (χ3n) is 9.20. The molecule has 0 aliphatic heterocycles. The van der Waals surface area contributed by atoms with Crippen LogP contribution >= 0.6 is 0 Å². The number of benzene rings is 8. The number of rotatable bonds is 4. The molecule has 0 nitrogen and oxygen atoms in total. The second-order valence-corrected chi connectivity index (χ2v) is 11.8. The molecule has 8 aromatic rings. The Labute approximate surface area is 258 Å². The van der Waals surface area contributed by atoms with E-state index in [1.54, 1.807) is 0 Å². The van der Waals surface area contributed by atoms with Gasteiger partial charge in [0.15, 0.2) is 0 Å². The third kappa shape index (κ3) is 4.31. The summed E-state index contributed by atoms with van der Waals surface area (Å²) in [5.74, 6) is 0. The van der Waals surface area contributed by atoms with Crippen molar-refractivity contribution in [2.45, 2.75) is 13.8 Å². The molecule has 0 radical (unpaired) electrons. The molecular weight excluding hydrogens is 528 g/mol. The first kappa shape index (κ1) is 26.2. The van der Waals surface area contributed by atoms with Crippen LogP contribution in [0.2, 0.25) is 0 Å². The molecular formula is C44H32. The van der Waals surface area contributed by atoms with E-state index in [2.05, 4.69) is 172 Å². The molecule has 8 aromatic carbocycles. The Morgan fingerprint density at radius 1 is 0.318 bits per heavy atom. The average molecular weight is 561 g/mol. The fourth-order valence-electron chi connectivity index (χ4n) is 7.02. The van der Waals surface area contributed by atoms with E-state index in [4.69, 9.17) is 0 Å². The predicted octanol–water partition coefficient (Wildman–Crippen LogP) is 12.4. The number of aryl methyl sites for hydroxylation is 2. The number of hydrogen-bond acceptors (Lipinski definition) is 0. The molecule has 0 saturated carbocycles. The maximum atomic E-state index is 2.38. The highest BCUT2D eigenvalue weighted by atomic mass is 14.2. The monoisotopic (exact) mass is 560 g/mol. The summed E-state index contributed by atoms with van der Waals surface area (Å²) in [6, 6.07) is 57.8. The van der Waals surface area contributed by atoms with Crippen molar-refractivity contribution in [3.8, 4) is 44.5 Å². The molecule has 0 aliphatic carbocycles. The molecule has 0 unspecified atom stereocenters. The Hall–Kier alpha value is -5.46. The van der Waals surface area contributed by atoms with Gasteiger partial charge in [-0.05, 0) is 114 Å². The van der Waals surface area contributed by atoms with E-state index in [1.807, 2.05) is 0 Å². The summed E-state index contributed by atoms with van der Waals surface area (Å²) in [4.78, 5) is 0. The van der Waals surface area contributed by atoms with Gasteiger partial charge >= 0.3 is 0 Å². The second-order valence-electron chi connectivity index (χ2n) is 11.8. The molecule has 0 bridgehead atoms. The number of hydrogen-bond donors (Lipinski definition) is 0. The van der Waals surface area contributed by atoms with Crippen LogP contribution in [-0.4, -0.2) is 0 Å². The van der Waals surface area contributed by atoms with Crippen molar-refractivity contribution < 1.29 is 0 Å². The molecule has 44 heavy (non-hydrogen) atoms. The van der Waals surface area contributed by atoms with Crippen LogP contribution < -0.4 is 0 Å². The van der Waals surface area contributed by atoms with Gasteiger partial charge < -0.3 is 0 Å². The molecule has 0 aliphatic rings. The standard InChI is InChI=1S/C44H32/c1-29-23-24-34(28-42(29)37-26-25-31-13-6-7-18-36(31)30(37)2)33-16-12-17-35(27-33)44-40-21-10-8-19-38(40)43(32-14-4-3-5-15-32)39-20-9-11-22-41(39)44/h3-28H,1-2H3. The van der Waals surface area contributed by atoms with Crippen LogP contribution in [0.15, 0.2) is 158 Å². The summed E-state index contributed by atoms with van der Waals surface area (Å²) in [5.41, 5.74) is 12.7. The first-order chi connectivity index (χ1) is 21.7.